The Morgan fingerprint density at radius 2 is 1.82 bits per heavy atom. The summed E-state index contributed by atoms with van der Waals surface area (Å²) in [6, 6.07) is 0. The molecule has 154 valence electrons. The number of likely N-dealkylation sites (tertiary alicyclic amines) is 1. The number of alkyl halides is 1. The molecule has 2 fully saturated rings. The van der Waals surface area contributed by atoms with Crippen molar-refractivity contribution in [2.45, 2.75) is 62.1 Å². The van der Waals surface area contributed by atoms with Gasteiger partial charge in [0.15, 0.2) is 0 Å². The minimum atomic E-state index is -3.76. The zero-order chi connectivity index (χ0) is 20.7. The molecule has 0 aliphatic carbocycles. The van der Waals surface area contributed by atoms with Gasteiger partial charge in [0.1, 0.15) is 5.88 Å². The first-order valence-electron chi connectivity index (χ1n) is 9.23. The van der Waals surface area contributed by atoms with Crippen molar-refractivity contribution in [2.75, 3.05) is 19.0 Å². The van der Waals surface area contributed by atoms with E-state index in [0.717, 1.165) is 0 Å². The van der Waals surface area contributed by atoms with E-state index in [4.69, 9.17) is 20.9 Å². The Balaban J connectivity index is 1.77. The minimum Gasteiger partial charge on any atom is -0.399 e. The van der Waals surface area contributed by atoms with Gasteiger partial charge in [-0.2, -0.15) is 0 Å². The summed E-state index contributed by atoms with van der Waals surface area (Å²) in [6.07, 6.45) is 3.90. The number of nitrogens with zero attached hydrogens (tertiary/aromatic N) is 3. The van der Waals surface area contributed by atoms with Crippen LogP contribution in [0.3, 0.4) is 0 Å². The maximum Gasteiger partial charge on any atom is 0.498 e. The molecule has 1 aromatic rings. The van der Waals surface area contributed by atoms with E-state index in [0.29, 0.717) is 24.8 Å². The SMILES string of the molecule is CC1(C)OB(c2cnc(S(=O)(=O)[C@@H]3CCCN(C(=O)CCl)C3)nc2)OC1(C)C. The number of hydrogen-bond donors (Lipinski definition) is 0. The van der Waals surface area contributed by atoms with Crippen LogP contribution in [0.5, 0.6) is 0 Å². The standard InChI is InChI=1S/C17H25BClN3O5S/c1-16(2)17(3,4)27-18(26-16)12-9-20-15(21-10-12)28(24,25)13-6-5-7-22(11-13)14(23)8-19/h9-10,13H,5-8,11H2,1-4H3/t13-/m1/s1. The number of hydrogen-bond acceptors (Lipinski definition) is 7. The third kappa shape index (κ3) is 3.92. The van der Waals surface area contributed by atoms with Crippen LogP contribution in [0, 0.1) is 0 Å². The average molecular weight is 430 g/mol. The van der Waals surface area contributed by atoms with Gasteiger partial charge in [-0.3, -0.25) is 4.79 Å². The lowest BCUT2D eigenvalue weighted by atomic mass is 9.81. The smallest absolute Gasteiger partial charge is 0.399 e. The lowest BCUT2D eigenvalue weighted by Crippen LogP contribution is -2.46. The van der Waals surface area contributed by atoms with Crippen molar-refractivity contribution in [1.82, 2.24) is 14.9 Å². The number of piperidine rings is 1. The van der Waals surface area contributed by atoms with Gasteiger partial charge in [0.05, 0.1) is 16.5 Å². The van der Waals surface area contributed by atoms with E-state index in [1.807, 2.05) is 27.7 Å². The number of sulfone groups is 1. The summed E-state index contributed by atoms with van der Waals surface area (Å²) in [5, 5.41) is -0.992. The number of carbonyl (C=O) groups excluding carboxylic acids is 1. The predicted octanol–water partition coefficient (Wildman–Crippen LogP) is 0.779. The third-order valence-electron chi connectivity index (χ3n) is 5.71. The summed E-state index contributed by atoms with van der Waals surface area (Å²) in [4.78, 5) is 21.4. The van der Waals surface area contributed by atoms with E-state index >= 15 is 0 Å². The maximum absolute atomic E-state index is 12.9. The highest BCUT2D eigenvalue weighted by molar-refractivity contribution is 7.91. The molecule has 1 atom stereocenters. The third-order valence-corrected chi connectivity index (χ3v) is 7.92. The Morgan fingerprint density at radius 3 is 2.36 bits per heavy atom. The van der Waals surface area contributed by atoms with Crippen LogP contribution in [0.1, 0.15) is 40.5 Å². The van der Waals surface area contributed by atoms with Gasteiger partial charge in [-0.25, -0.2) is 18.4 Å². The van der Waals surface area contributed by atoms with Gasteiger partial charge in [-0.1, -0.05) is 0 Å². The lowest BCUT2D eigenvalue weighted by molar-refractivity contribution is -0.129. The molecule has 3 rings (SSSR count). The van der Waals surface area contributed by atoms with Crippen LogP contribution >= 0.6 is 11.6 Å². The minimum absolute atomic E-state index is 0.107. The molecule has 2 aliphatic heterocycles. The second kappa shape index (κ2) is 7.55. The molecule has 2 aliphatic rings. The van der Waals surface area contributed by atoms with Gasteiger partial charge >= 0.3 is 7.12 Å². The van der Waals surface area contributed by atoms with E-state index in [1.54, 1.807) is 0 Å². The summed E-state index contributed by atoms with van der Waals surface area (Å²) >= 11 is 5.59. The van der Waals surface area contributed by atoms with Crippen LogP contribution in [0.25, 0.3) is 0 Å². The first-order valence-corrected chi connectivity index (χ1v) is 11.3. The molecule has 8 nitrogen and oxygen atoms in total. The Hall–Kier alpha value is -1.23. The van der Waals surface area contributed by atoms with Gasteiger partial charge < -0.3 is 14.2 Å². The molecule has 2 saturated heterocycles. The molecule has 0 bridgehead atoms. The van der Waals surface area contributed by atoms with Crippen LogP contribution in [0.2, 0.25) is 0 Å². The summed E-state index contributed by atoms with van der Waals surface area (Å²) in [5.41, 5.74) is -0.466. The van der Waals surface area contributed by atoms with Crippen LogP contribution in [-0.2, 0) is 23.9 Å². The van der Waals surface area contributed by atoms with Gasteiger partial charge in [-0.15, -0.1) is 11.6 Å². The van der Waals surface area contributed by atoms with Crippen LogP contribution < -0.4 is 5.46 Å². The fourth-order valence-electron chi connectivity index (χ4n) is 3.23. The van der Waals surface area contributed by atoms with E-state index in [-0.39, 0.29) is 23.5 Å². The Bertz CT molecular complexity index is 831. The molecule has 0 unspecified atom stereocenters. The largest absolute Gasteiger partial charge is 0.498 e. The lowest BCUT2D eigenvalue weighted by Gasteiger charge is -2.32. The van der Waals surface area contributed by atoms with Crippen molar-refractivity contribution >= 4 is 39.9 Å². The summed E-state index contributed by atoms with van der Waals surface area (Å²) in [6.45, 7) is 8.36. The molecule has 1 amide bonds. The number of halogens is 1. The number of carbonyl (C=O) groups is 1. The zero-order valence-corrected chi connectivity index (χ0v) is 18.1. The monoisotopic (exact) mass is 429 g/mol. The molecule has 0 N–H and O–H groups in total. The van der Waals surface area contributed by atoms with Crippen molar-refractivity contribution in [3.8, 4) is 0 Å². The molecular weight excluding hydrogens is 405 g/mol. The molecule has 0 saturated carbocycles. The van der Waals surface area contributed by atoms with Crippen molar-refractivity contribution in [3.05, 3.63) is 12.4 Å². The first kappa shape index (κ1) is 21.5. The van der Waals surface area contributed by atoms with E-state index < -0.39 is 33.4 Å². The second-order valence-corrected chi connectivity index (χ2v) is 10.6. The Labute approximate surface area is 171 Å². The number of rotatable bonds is 4. The topological polar surface area (TPSA) is 98.7 Å². The summed E-state index contributed by atoms with van der Waals surface area (Å²) in [7, 11) is -4.42. The Kier molecular flexibility index (Phi) is 5.79. The number of aromatic nitrogens is 2. The maximum atomic E-state index is 12.9. The first-order chi connectivity index (χ1) is 13.0. The normalized spacial score (nSPS) is 24.4. The molecule has 0 spiro atoms. The molecule has 0 radical (unpaired) electrons. The van der Waals surface area contributed by atoms with Crippen LogP contribution in [0.4, 0.5) is 0 Å². The van der Waals surface area contributed by atoms with Crippen molar-refractivity contribution in [3.63, 3.8) is 0 Å². The van der Waals surface area contributed by atoms with E-state index in [9.17, 15) is 13.2 Å². The van der Waals surface area contributed by atoms with Crippen molar-refractivity contribution in [2.24, 2.45) is 0 Å². The molecule has 3 heterocycles. The number of amides is 1. The quantitative estimate of drug-likeness (QED) is 0.396. The predicted molar refractivity (Wildman–Crippen MR) is 105 cm³/mol. The van der Waals surface area contributed by atoms with Gasteiger partial charge in [0, 0.05) is 30.9 Å². The Morgan fingerprint density at radius 1 is 1.25 bits per heavy atom. The zero-order valence-electron chi connectivity index (χ0n) is 16.5. The van der Waals surface area contributed by atoms with Gasteiger partial charge in [0.25, 0.3) is 0 Å². The molecule has 0 aromatic carbocycles. The fourth-order valence-corrected chi connectivity index (χ4v) is 4.95. The highest BCUT2D eigenvalue weighted by atomic mass is 35.5. The highest BCUT2D eigenvalue weighted by Gasteiger charge is 2.52. The summed E-state index contributed by atoms with van der Waals surface area (Å²) < 4.78 is 37.7. The van der Waals surface area contributed by atoms with E-state index in [1.165, 1.54) is 17.3 Å². The van der Waals surface area contributed by atoms with Crippen molar-refractivity contribution < 1.29 is 22.5 Å². The molecular formula is C17H25BClN3O5S. The van der Waals surface area contributed by atoms with Crippen molar-refractivity contribution in [1.29, 1.82) is 0 Å². The molecule has 28 heavy (non-hydrogen) atoms. The molecule has 1 aromatic heterocycles. The highest BCUT2D eigenvalue weighted by Crippen LogP contribution is 2.36. The average Bonchev–Trinajstić information content (AvgIpc) is 2.88. The second-order valence-electron chi connectivity index (χ2n) is 8.17. The van der Waals surface area contributed by atoms with E-state index in [2.05, 4.69) is 9.97 Å². The molecule has 11 heteroatoms. The van der Waals surface area contributed by atoms with Gasteiger partial charge in [0.2, 0.25) is 20.9 Å². The van der Waals surface area contributed by atoms with Gasteiger partial charge in [-0.05, 0) is 40.5 Å². The van der Waals surface area contributed by atoms with Crippen LogP contribution in [0.15, 0.2) is 17.6 Å². The summed E-state index contributed by atoms with van der Waals surface area (Å²) in [5.74, 6) is -0.426. The fraction of sp³-hybridized carbons (Fsp3) is 0.706. The van der Waals surface area contributed by atoms with Crippen LogP contribution in [-0.4, -0.2) is 71.7 Å².